The van der Waals surface area contributed by atoms with Crippen LogP contribution in [0.5, 0.6) is 5.75 Å². The lowest BCUT2D eigenvalue weighted by molar-refractivity contribution is -0.152. The lowest BCUT2D eigenvalue weighted by Crippen LogP contribution is -2.45. The molecule has 0 aromatic heterocycles. The number of fused-ring (bicyclic) bond motifs is 1. The number of hydrogen-bond donors (Lipinski definition) is 1. The largest absolute Gasteiger partial charge is 0.489 e. The van der Waals surface area contributed by atoms with Crippen molar-refractivity contribution in [3.05, 3.63) is 88.2 Å². The number of benzene rings is 3. The van der Waals surface area contributed by atoms with Gasteiger partial charge in [-0.3, -0.25) is 4.31 Å². The number of hydrogen-bond acceptors (Lipinski definition) is 5. The highest BCUT2D eigenvalue weighted by atomic mass is 35.5. The quantitative estimate of drug-likeness (QED) is 0.341. The molecular formula is C26H22ClF4NO6S. The number of halogens is 5. The fraction of sp³-hybridized carbons (Fsp3) is 0.269. The van der Waals surface area contributed by atoms with Gasteiger partial charge < -0.3 is 14.6 Å². The zero-order valence-electron chi connectivity index (χ0n) is 20.3. The molecule has 0 bridgehead atoms. The molecule has 4 rings (SSSR count). The number of carboxylic acids is 1. The summed E-state index contributed by atoms with van der Waals surface area (Å²) in [6.07, 6.45) is -6.82. The molecule has 1 N–H and O–H groups in total. The first kappa shape index (κ1) is 28.7. The normalized spacial score (nSPS) is 16.5. The third-order valence-corrected chi connectivity index (χ3v) is 8.21. The summed E-state index contributed by atoms with van der Waals surface area (Å²) >= 11 is 6.04. The van der Waals surface area contributed by atoms with Gasteiger partial charge in [0.15, 0.2) is 6.10 Å². The second-order valence-electron chi connectivity index (χ2n) is 8.78. The van der Waals surface area contributed by atoms with Crippen molar-refractivity contribution in [2.75, 3.05) is 10.8 Å². The first-order valence-electron chi connectivity index (χ1n) is 11.5. The van der Waals surface area contributed by atoms with E-state index in [1.54, 1.807) is 0 Å². The van der Waals surface area contributed by atoms with Crippen molar-refractivity contribution < 1.29 is 45.4 Å². The zero-order valence-corrected chi connectivity index (χ0v) is 21.9. The summed E-state index contributed by atoms with van der Waals surface area (Å²) in [6.45, 7) is 0.645. The van der Waals surface area contributed by atoms with Crippen LogP contribution in [-0.2, 0) is 38.8 Å². The Morgan fingerprint density at radius 1 is 1.15 bits per heavy atom. The molecule has 0 saturated heterocycles. The molecule has 1 aliphatic heterocycles. The lowest BCUT2D eigenvalue weighted by atomic mass is 10.0. The van der Waals surface area contributed by atoms with Crippen LogP contribution in [0.2, 0.25) is 5.02 Å². The predicted octanol–water partition coefficient (Wildman–Crippen LogP) is 5.69. The average molecular weight is 588 g/mol. The van der Waals surface area contributed by atoms with Crippen LogP contribution in [-0.4, -0.2) is 38.2 Å². The summed E-state index contributed by atoms with van der Waals surface area (Å²) in [5, 5.41) is 9.36. The van der Waals surface area contributed by atoms with Gasteiger partial charge in [0.25, 0.3) is 10.0 Å². The van der Waals surface area contributed by atoms with Crippen LogP contribution < -0.4 is 9.04 Å². The number of alkyl halides is 3. The molecule has 2 atom stereocenters. The molecule has 3 aromatic rings. The Kier molecular flexibility index (Phi) is 8.10. The fourth-order valence-corrected chi connectivity index (χ4v) is 5.87. The highest BCUT2D eigenvalue weighted by Gasteiger charge is 2.37. The number of ether oxygens (including phenoxy) is 2. The number of carboxylic acid groups (broad SMARTS) is 1. The standard InChI is InChI=1S/C26H22ClF4NO6S/c1-15(25(33)34)38-19-10-16-8-9-18(37-14-21-22(27)6-3-7-23(21)28)12-24(16)32(13-19)39(35,36)20-5-2-4-17(11-20)26(29,30)31/h2-9,11-12,15,19H,10,13-14H2,1H3,(H,33,34). The zero-order chi connectivity index (χ0) is 28.5. The number of anilines is 1. The highest BCUT2D eigenvalue weighted by Crippen LogP contribution is 2.38. The molecule has 1 heterocycles. The van der Waals surface area contributed by atoms with Crippen molar-refractivity contribution in [3.8, 4) is 5.75 Å². The Bertz CT molecular complexity index is 1480. The summed E-state index contributed by atoms with van der Waals surface area (Å²) in [7, 11) is -4.58. The topological polar surface area (TPSA) is 93.1 Å². The van der Waals surface area contributed by atoms with Gasteiger partial charge in [-0.2, -0.15) is 13.2 Å². The summed E-state index contributed by atoms with van der Waals surface area (Å²) in [5.41, 5.74) is -0.531. The third kappa shape index (κ3) is 6.29. The van der Waals surface area contributed by atoms with Crippen LogP contribution >= 0.6 is 11.6 Å². The van der Waals surface area contributed by atoms with Gasteiger partial charge >= 0.3 is 12.1 Å². The van der Waals surface area contributed by atoms with Crippen molar-refractivity contribution in [2.45, 2.75) is 43.2 Å². The Morgan fingerprint density at radius 2 is 1.87 bits per heavy atom. The average Bonchev–Trinajstić information content (AvgIpc) is 2.87. The van der Waals surface area contributed by atoms with Crippen LogP contribution in [0.1, 0.15) is 23.6 Å². The molecule has 2 unspecified atom stereocenters. The van der Waals surface area contributed by atoms with Gasteiger partial charge in [0, 0.05) is 18.1 Å². The molecule has 0 saturated carbocycles. The lowest BCUT2D eigenvalue weighted by Gasteiger charge is -2.36. The highest BCUT2D eigenvalue weighted by molar-refractivity contribution is 7.92. The Morgan fingerprint density at radius 3 is 2.54 bits per heavy atom. The summed E-state index contributed by atoms with van der Waals surface area (Å²) in [6, 6.07) is 11.8. The maximum Gasteiger partial charge on any atom is 0.416 e. The third-order valence-electron chi connectivity index (χ3n) is 6.08. The van der Waals surface area contributed by atoms with Crippen LogP contribution in [0.4, 0.5) is 23.2 Å². The second kappa shape index (κ2) is 11.0. The first-order valence-corrected chi connectivity index (χ1v) is 13.4. The molecule has 0 amide bonds. The van der Waals surface area contributed by atoms with E-state index in [-0.39, 0.29) is 41.6 Å². The molecular weight excluding hydrogens is 566 g/mol. The molecule has 13 heteroatoms. The smallest absolute Gasteiger partial charge is 0.416 e. The molecule has 0 aliphatic carbocycles. The Labute approximate surface area is 226 Å². The van der Waals surface area contributed by atoms with Crippen molar-refractivity contribution in [1.82, 2.24) is 0 Å². The second-order valence-corrected chi connectivity index (χ2v) is 11.1. The van der Waals surface area contributed by atoms with E-state index in [0.29, 0.717) is 11.6 Å². The number of rotatable bonds is 8. The van der Waals surface area contributed by atoms with Crippen molar-refractivity contribution in [1.29, 1.82) is 0 Å². The molecule has 3 aromatic carbocycles. The number of sulfonamides is 1. The van der Waals surface area contributed by atoms with E-state index in [1.165, 1.54) is 43.3 Å². The molecule has 1 aliphatic rings. The molecule has 0 fully saturated rings. The summed E-state index contributed by atoms with van der Waals surface area (Å²) in [5.74, 6) is -1.71. The van der Waals surface area contributed by atoms with Gasteiger partial charge in [0.2, 0.25) is 0 Å². The maximum absolute atomic E-state index is 14.2. The minimum atomic E-state index is -4.77. The van der Waals surface area contributed by atoms with E-state index in [9.17, 15) is 35.9 Å². The van der Waals surface area contributed by atoms with Crippen molar-refractivity contribution in [3.63, 3.8) is 0 Å². The maximum atomic E-state index is 14.2. The van der Waals surface area contributed by atoms with Crippen molar-refractivity contribution in [2.24, 2.45) is 0 Å². The molecule has 0 spiro atoms. The van der Waals surface area contributed by atoms with E-state index >= 15 is 0 Å². The van der Waals surface area contributed by atoms with Gasteiger partial charge in [-0.15, -0.1) is 0 Å². The van der Waals surface area contributed by atoms with Gasteiger partial charge in [-0.25, -0.2) is 17.6 Å². The van der Waals surface area contributed by atoms with E-state index < -0.39 is 50.7 Å². The van der Waals surface area contributed by atoms with Gasteiger partial charge in [0.1, 0.15) is 18.2 Å². The number of carbonyl (C=O) groups is 1. The minimum absolute atomic E-state index is 0.0847. The monoisotopic (exact) mass is 587 g/mol. The fourth-order valence-electron chi connectivity index (χ4n) is 4.08. The van der Waals surface area contributed by atoms with E-state index in [2.05, 4.69) is 0 Å². The minimum Gasteiger partial charge on any atom is -0.489 e. The van der Waals surface area contributed by atoms with Gasteiger partial charge in [0.05, 0.1) is 33.8 Å². The molecule has 7 nitrogen and oxygen atoms in total. The molecule has 39 heavy (non-hydrogen) atoms. The first-order chi connectivity index (χ1) is 18.3. The summed E-state index contributed by atoms with van der Waals surface area (Å²) in [4.78, 5) is 10.7. The van der Waals surface area contributed by atoms with Crippen molar-refractivity contribution >= 4 is 33.3 Å². The molecule has 208 valence electrons. The molecule has 0 radical (unpaired) electrons. The number of aliphatic carboxylic acids is 1. The predicted molar refractivity (Wildman–Crippen MR) is 134 cm³/mol. The Hall–Kier alpha value is -3.35. The van der Waals surface area contributed by atoms with Crippen LogP contribution in [0.25, 0.3) is 0 Å². The van der Waals surface area contributed by atoms with Crippen LogP contribution in [0.3, 0.4) is 0 Å². The SMILES string of the molecule is CC(OC1Cc2ccc(OCc3c(F)cccc3Cl)cc2N(S(=O)(=O)c2cccc(C(F)(F)F)c2)C1)C(=O)O. The van der Waals surface area contributed by atoms with E-state index in [4.69, 9.17) is 21.1 Å². The van der Waals surface area contributed by atoms with Crippen LogP contribution in [0, 0.1) is 5.82 Å². The Balaban J connectivity index is 1.72. The number of nitrogens with zero attached hydrogens (tertiary/aromatic N) is 1. The van der Waals surface area contributed by atoms with Crippen LogP contribution in [0.15, 0.2) is 65.6 Å². The summed E-state index contributed by atoms with van der Waals surface area (Å²) < 4.78 is 93.5. The van der Waals surface area contributed by atoms with E-state index in [0.717, 1.165) is 22.5 Å². The van der Waals surface area contributed by atoms with Gasteiger partial charge in [-0.05, 0) is 48.9 Å². The van der Waals surface area contributed by atoms with Gasteiger partial charge in [-0.1, -0.05) is 29.8 Å². The van der Waals surface area contributed by atoms with E-state index in [1.807, 2.05) is 0 Å².